The van der Waals surface area contributed by atoms with Crippen LogP contribution in [-0.2, 0) is 4.79 Å². The van der Waals surface area contributed by atoms with Gasteiger partial charge in [0.05, 0.1) is 0 Å². The summed E-state index contributed by atoms with van der Waals surface area (Å²) >= 11 is 4.17. The molecular formula is C12H25NO2S. The first-order valence-corrected chi connectivity index (χ1v) is 6.91. The number of carbonyl (C=O) groups is 1. The molecular weight excluding hydrogens is 222 g/mol. The quantitative estimate of drug-likeness (QED) is 0.388. The molecule has 0 rings (SSSR count). The second-order valence-electron chi connectivity index (χ2n) is 4.29. The highest BCUT2D eigenvalue weighted by atomic mass is 32.1. The molecule has 4 heteroatoms. The van der Waals surface area contributed by atoms with Crippen LogP contribution in [-0.4, -0.2) is 22.9 Å². The third-order valence-corrected chi connectivity index (χ3v) is 3.06. The summed E-state index contributed by atoms with van der Waals surface area (Å²) in [5, 5.41) is 8.57. The van der Waals surface area contributed by atoms with E-state index in [4.69, 9.17) is 10.8 Å². The van der Waals surface area contributed by atoms with Gasteiger partial charge in [-0.15, -0.1) is 0 Å². The van der Waals surface area contributed by atoms with Crippen molar-refractivity contribution in [3.05, 3.63) is 0 Å². The van der Waals surface area contributed by atoms with Crippen molar-refractivity contribution in [2.24, 2.45) is 5.73 Å². The molecule has 0 radical (unpaired) electrons. The van der Waals surface area contributed by atoms with Crippen molar-refractivity contribution < 1.29 is 9.90 Å². The minimum atomic E-state index is -0.883. The van der Waals surface area contributed by atoms with Crippen LogP contribution in [0.3, 0.4) is 0 Å². The summed E-state index contributed by atoms with van der Waals surface area (Å²) < 4.78 is 0. The van der Waals surface area contributed by atoms with Gasteiger partial charge in [-0.2, -0.15) is 12.6 Å². The van der Waals surface area contributed by atoms with E-state index in [1.807, 2.05) is 0 Å². The summed E-state index contributed by atoms with van der Waals surface area (Å²) in [7, 11) is 0. The highest BCUT2D eigenvalue weighted by molar-refractivity contribution is 7.80. The zero-order chi connectivity index (χ0) is 12.2. The van der Waals surface area contributed by atoms with E-state index in [-0.39, 0.29) is 0 Å². The maximum absolute atomic E-state index is 10.4. The Bertz CT molecular complexity index is 176. The normalized spacial score (nSPS) is 12.6. The molecule has 0 aromatic heterocycles. The number of carboxylic acids is 1. The number of aliphatic carboxylic acids is 1. The van der Waals surface area contributed by atoms with Crippen LogP contribution in [0.4, 0.5) is 0 Å². The number of thiol groups is 1. The number of hydrogen-bond acceptors (Lipinski definition) is 3. The van der Waals surface area contributed by atoms with Gasteiger partial charge in [0.15, 0.2) is 0 Å². The number of rotatable bonds is 11. The highest BCUT2D eigenvalue weighted by Gasteiger charge is 2.09. The third-order valence-electron chi connectivity index (χ3n) is 2.74. The second-order valence-corrected chi connectivity index (χ2v) is 4.73. The molecule has 16 heavy (non-hydrogen) atoms. The molecule has 0 spiro atoms. The van der Waals surface area contributed by atoms with Gasteiger partial charge in [-0.1, -0.05) is 44.9 Å². The van der Waals surface area contributed by atoms with Crippen LogP contribution in [0, 0.1) is 0 Å². The summed E-state index contributed by atoms with van der Waals surface area (Å²) in [4.78, 5) is 10.4. The molecule has 0 aliphatic heterocycles. The van der Waals surface area contributed by atoms with Crippen molar-refractivity contribution in [1.82, 2.24) is 0 Å². The first kappa shape index (κ1) is 15.8. The topological polar surface area (TPSA) is 63.3 Å². The van der Waals surface area contributed by atoms with E-state index in [1.165, 1.54) is 38.5 Å². The van der Waals surface area contributed by atoms with E-state index in [9.17, 15) is 4.79 Å². The lowest BCUT2D eigenvalue weighted by Crippen LogP contribution is -2.29. The monoisotopic (exact) mass is 247 g/mol. The summed E-state index contributed by atoms with van der Waals surface area (Å²) in [6.07, 6.45) is 10.2. The Balaban J connectivity index is 3.07. The lowest BCUT2D eigenvalue weighted by atomic mass is 10.1. The summed E-state index contributed by atoms with van der Waals surface area (Å²) in [6.45, 7) is 0. The molecule has 0 saturated heterocycles. The largest absolute Gasteiger partial charge is 0.480 e. The van der Waals surface area contributed by atoms with Gasteiger partial charge in [0.25, 0.3) is 0 Å². The first-order chi connectivity index (χ1) is 7.68. The molecule has 3 nitrogen and oxygen atoms in total. The van der Waals surface area contributed by atoms with Gasteiger partial charge in [0.2, 0.25) is 0 Å². The Morgan fingerprint density at radius 3 is 1.88 bits per heavy atom. The summed E-state index contributed by atoms with van der Waals surface area (Å²) in [5.74, 6) is 0.110. The number of carboxylic acid groups (broad SMARTS) is 1. The van der Waals surface area contributed by atoms with Gasteiger partial charge >= 0.3 is 5.97 Å². The Kier molecular flexibility index (Phi) is 11.1. The van der Waals surface area contributed by atoms with Crippen LogP contribution >= 0.6 is 12.6 Å². The molecule has 3 N–H and O–H groups in total. The molecule has 0 fully saturated rings. The number of nitrogens with two attached hydrogens (primary N) is 1. The molecule has 0 aromatic carbocycles. The fourth-order valence-electron chi connectivity index (χ4n) is 1.66. The molecule has 1 unspecified atom stereocenters. The van der Waals surface area contributed by atoms with Crippen LogP contribution in [0.15, 0.2) is 0 Å². The smallest absolute Gasteiger partial charge is 0.320 e. The first-order valence-electron chi connectivity index (χ1n) is 6.27. The molecule has 0 aliphatic rings. The van der Waals surface area contributed by atoms with Crippen molar-refractivity contribution in [3.63, 3.8) is 0 Å². The average Bonchev–Trinajstić information content (AvgIpc) is 2.26. The molecule has 96 valence electrons. The van der Waals surface area contributed by atoms with E-state index in [2.05, 4.69) is 12.6 Å². The lowest BCUT2D eigenvalue weighted by molar-refractivity contribution is -0.138. The third kappa shape index (κ3) is 10.3. The number of unbranched alkanes of at least 4 members (excludes halogenated alkanes) is 7. The fraction of sp³-hybridized carbons (Fsp3) is 0.917. The van der Waals surface area contributed by atoms with Crippen molar-refractivity contribution in [2.45, 2.75) is 63.8 Å². The van der Waals surface area contributed by atoms with Gasteiger partial charge in [-0.3, -0.25) is 4.79 Å². The van der Waals surface area contributed by atoms with Crippen LogP contribution in [0.1, 0.15) is 57.8 Å². The van der Waals surface area contributed by atoms with Crippen molar-refractivity contribution >= 4 is 18.6 Å². The van der Waals surface area contributed by atoms with Gasteiger partial charge in [-0.25, -0.2) is 0 Å². The maximum Gasteiger partial charge on any atom is 0.320 e. The van der Waals surface area contributed by atoms with Crippen molar-refractivity contribution in [2.75, 3.05) is 5.75 Å². The van der Waals surface area contributed by atoms with E-state index in [1.54, 1.807) is 0 Å². The zero-order valence-electron chi connectivity index (χ0n) is 10.0. The van der Waals surface area contributed by atoms with Crippen molar-refractivity contribution in [1.29, 1.82) is 0 Å². The van der Waals surface area contributed by atoms with E-state index >= 15 is 0 Å². The van der Waals surface area contributed by atoms with E-state index < -0.39 is 12.0 Å². The van der Waals surface area contributed by atoms with Crippen LogP contribution < -0.4 is 5.73 Å². The summed E-state index contributed by atoms with van der Waals surface area (Å²) in [6, 6.07) is -0.671. The molecule has 1 atom stereocenters. The fourth-order valence-corrected chi connectivity index (χ4v) is 1.88. The average molecular weight is 247 g/mol. The zero-order valence-corrected chi connectivity index (χ0v) is 10.9. The predicted molar refractivity (Wildman–Crippen MR) is 71.0 cm³/mol. The van der Waals surface area contributed by atoms with Crippen LogP contribution in [0.5, 0.6) is 0 Å². The Labute approximate surface area is 104 Å². The minimum absolute atomic E-state index is 0.606. The molecule has 0 aliphatic carbocycles. The van der Waals surface area contributed by atoms with Gasteiger partial charge in [0, 0.05) is 0 Å². The molecule has 0 amide bonds. The Hall–Kier alpha value is -0.220. The van der Waals surface area contributed by atoms with Gasteiger partial charge in [-0.05, 0) is 18.6 Å². The van der Waals surface area contributed by atoms with Crippen molar-refractivity contribution in [3.8, 4) is 0 Å². The number of hydrogen-bond donors (Lipinski definition) is 3. The molecule has 0 saturated carbocycles. The van der Waals surface area contributed by atoms with E-state index in [0.29, 0.717) is 6.42 Å². The molecule has 0 bridgehead atoms. The molecule has 0 heterocycles. The summed E-state index contributed by atoms with van der Waals surface area (Å²) in [5.41, 5.74) is 5.41. The SMILES string of the molecule is NC(CCCCCCCCCCS)C(=O)O. The van der Waals surface area contributed by atoms with Gasteiger partial charge in [0.1, 0.15) is 6.04 Å². The Morgan fingerprint density at radius 2 is 1.44 bits per heavy atom. The molecule has 0 aromatic rings. The maximum atomic E-state index is 10.4. The van der Waals surface area contributed by atoms with Gasteiger partial charge < -0.3 is 10.8 Å². The Morgan fingerprint density at radius 1 is 1.00 bits per heavy atom. The highest BCUT2D eigenvalue weighted by Crippen LogP contribution is 2.10. The standard InChI is InChI=1S/C12H25NO2S/c13-11(12(14)15)9-7-5-3-1-2-4-6-8-10-16/h11,16H,1-10,13H2,(H,14,15). The van der Waals surface area contributed by atoms with Crippen LogP contribution in [0.2, 0.25) is 0 Å². The second kappa shape index (κ2) is 11.3. The van der Waals surface area contributed by atoms with E-state index in [0.717, 1.165) is 18.6 Å². The minimum Gasteiger partial charge on any atom is -0.480 e. The van der Waals surface area contributed by atoms with Crippen LogP contribution in [0.25, 0.3) is 0 Å². The lowest BCUT2D eigenvalue weighted by Gasteiger charge is -2.05. The predicted octanol–water partition coefficient (Wildman–Crippen LogP) is 2.84.